The van der Waals surface area contributed by atoms with Crippen molar-refractivity contribution in [2.24, 2.45) is 0 Å². The molecule has 0 radical (unpaired) electrons. The molecule has 1 atom stereocenters. The Morgan fingerprint density at radius 3 is 2.93 bits per heavy atom. The van der Waals surface area contributed by atoms with E-state index in [4.69, 9.17) is 13.9 Å². The number of nitrogens with one attached hydrogen (secondary N) is 1. The lowest BCUT2D eigenvalue weighted by atomic mass is 9.86. The van der Waals surface area contributed by atoms with E-state index < -0.39 is 0 Å². The molecule has 1 spiro atoms. The lowest BCUT2D eigenvalue weighted by molar-refractivity contribution is -0.239. The van der Waals surface area contributed by atoms with Gasteiger partial charge in [0.15, 0.2) is 0 Å². The van der Waals surface area contributed by atoms with Gasteiger partial charge >= 0.3 is 0 Å². The van der Waals surface area contributed by atoms with Crippen molar-refractivity contribution in [3.8, 4) is 0 Å². The summed E-state index contributed by atoms with van der Waals surface area (Å²) in [5.41, 5.74) is 1.00. The van der Waals surface area contributed by atoms with Crippen molar-refractivity contribution >= 4 is 0 Å². The molecule has 1 unspecified atom stereocenters. The zero-order chi connectivity index (χ0) is 10.3. The van der Waals surface area contributed by atoms with E-state index in [1.165, 1.54) is 0 Å². The zero-order valence-corrected chi connectivity index (χ0v) is 8.79. The summed E-state index contributed by atoms with van der Waals surface area (Å²) < 4.78 is 16.5. The van der Waals surface area contributed by atoms with Crippen LogP contribution >= 0.6 is 0 Å². The SMILES string of the molecule is Cc1cc(C2NCCOC23COC3)co1. The summed E-state index contributed by atoms with van der Waals surface area (Å²) in [6.07, 6.45) is 1.81. The topological polar surface area (TPSA) is 43.6 Å². The fraction of sp³-hybridized carbons (Fsp3) is 0.636. The Kier molecular flexibility index (Phi) is 2.09. The van der Waals surface area contributed by atoms with Gasteiger partial charge in [-0.15, -0.1) is 0 Å². The molecule has 3 rings (SSSR count). The van der Waals surface area contributed by atoms with Crippen LogP contribution in [0.3, 0.4) is 0 Å². The maximum Gasteiger partial charge on any atom is 0.134 e. The summed E-state index contributed by atoms with van der Waals surface area (Å²) in [5.74, 6) is 0.938. The third kappa shape index (κ3) is 1.40. The van der Waals surface area contributed by atoms with Crippen molar-refractivity contribution in [1.29, 1.82) is 0 Å². The average molecular weight is 209 g/mol. The highest BCUT2D eigenvalue weighted by Gasteiger charge is 2.49. The van der Waals surface area contributed by atoms with Crippen LogP contribution < -0.4 is 5.32 Å². The van der Waals surface area contributed by atoms with Gasteiger partial charge in [-0.2, -0.15) is 0 Å². The minimum absolute atomic E-state index is 0.158. The van der Waals surface area contributed by atoms with Crippen molar-refractivity contribution in [2.75, 3.05) is 26.4 Å². The molecule has 0 amide bonds. The van der Waals surface area contributed by atoms with Gasteiger partial charge in [0.2, 0.25) is 0 Å². The summed E-state index contributed by atoms with van der Waals surface area (Å²) in [6, 6.07) is 2.27. The second kappa shape index (κ2) is 3.33. The van der Waals surface area contributed by atoms with Crippen molar-refractivity contribution in [2.45, 2.75) is 18.6 Å². The van der Waals surface area contributed by atoms with E-state index in [9.17, 15) is 0 Å². The van der Waals surface area contributed by atoms with Crippen LogP contribution in [0.5, 0.6) is 0 Å². The number of ether oxygens (including phenoxy) is 2. The first kappa shape index (κ1) is 9.39. The third-order valence-electron chi connectivity index (χ3n) is 3.14. The maximum atomic E-state index is 5.85. The predicted octanol–water partition coefficient (Wildman–Crippen LogP) is 1.02. The molecule has 1 N–H and O–H groups in total. The summed E-state index contributed by atoms with van der Waals surface area (Å²) in [5, 5.41) is 3.48. The van der Waals surface area contributed by atoms with Gasteiger partial charge in [-0.25, -0.2) is 0 Å². The van der Waals surface area contributed by atoms with Crippen molar-refractivity contribution in [1.82, 2.24) is 5.32 Å². The van der Waals surface area contributed by atoms with Gasteiger partial charge in [0.25, 0.3) is 0 Å². The first-order valence-corrected chi connectivity index (χ1v) is 5.30. The van der Waals surface area contributed by atoms with E-state index in [-0.39, 0.29) is 11.6 Å². The Balaban J connectivity index is 1.89. The van der Waals surface area contributed by atoms with E-state index in [1.54, 1.807) is 0 Å². The van der Waals surface area contributed by atoms with E-state index in [0.29, 0.717) is 13.2 Å². The van der Waals surface area contributed by atoms with Gasteiger partial charge in [0.05, 0.1) is 32.1 Å². The summed E-state index contributed by atoms with van der Waals surface area (Å²) in [6.45, 7) is 4.95. The van der Waals surface area contributed by atoms with Crippen molar-refractivity contribution in [3.63, 3.8) is 0 Å². The second-order valence-corrected chi connectivity index (χ2v) is 4.28. The average Bonchev–Trinajstić information content (AvgIpc) is 2.62. The molecule has 15 heavy (non-hydrogen) atoms. The molecule has 2 saturated heterocycles. The highest BCUT2D eigenvalue weighted by atomic mass is 16.6. The summed E-state index contributed by atoms with van der Waals surface area (Å²) in [7, 11) is 0. The minimum atomic E-state index is -0.158. The van der Waals surface area contributed by atoms with E-state index in [0.717, 1.165) is 24.5 Å². The smallest absolute Gasteiger partial charge is 0.134 e. The molecule has 3 heterocycles. The lowest BCUT2D eigenvalue weighted by Gasteiger charge is -2.49. The first-order valence-electron chi connectivity index (χ1n) is 5.30. The molecule has 0 bridgehead atoms. The Morgan fingerprint density at radius 2 is 2.33 bits per heavy atom. The van der Waals surface area contributed by atoms with E-state index in [2.05, 4.69) is 11.4 Å². The Labute approximate surface area is 88.5 Å². The fourth-order valence-electron chi connectivity index (χ4n) is 2.32. The van der Waals surface area contributed by atoms with Crippen LogP contribution in [0.25, 0.3) is 0 Å². The highest BCUT2D eigenvalue weighted by Crippen LogP contribution is 2.38. The van der Waals surface area contributed by atoms with Crippen LogP contribution in [0.1, 0.15) is 17.4 Å². The molecule has 0 saturated carbocycles. The molecule has 0 aliphatic carbocycles. The molecule has 2 aliphatic rings. The highest BCUT2D eigenvalue weighted by molar-refractivity contribution is 5.22. The van der Waals surface area contributed by atoms with Crippen LogP contribution in [0, 0.1) is 6.92 Å². The molecule has 1 aromatic rings. The third-order valence-corrected chi connectivity index (χ3v) is 3.14. The van der Waals surface area contributed by atoms with Gasteiger partial charge in [0, 0.05) is 12.1 Å². The lowest BCUT2D eigenvalue weighted by Crippen LogP contribution is -2.63. The number of furan rings is 1. The van der Waals surface area contributed by atoms with E-state index in [1.807, 2.05) is 13.2 Å². The second-order valence-electron chi connectivity index (χ2n) is 4.28. The number of hydrogen-bond acceptors (Lipinski definition) is 4. The van der Waals surface area contributed by atoms with Gasteiger partial charge < -0.3 is 19.2 Å². The molecule has 0 aromatic carbocycles. The zero-order valence-electron chi connectivity index (χ0n) is 8.79. The summed E-state index contributed by atoms with van der Waals surface area (Å²) >= 11 is 0. The predicted molar refractivity (Wildman–Crippen MR) is 53.7 cm³/mol. The number of rotatable bonds is 1. The monoisotopic (exact) mass is 209 g/mol. The molecule has 4 heteroatoms. The van der Waals surface area contributed by atoms with Gasteiger partial charge in [-0.1, -0.05) is 0 Å². The number of morpholine rings is 1. The van der Waals surface area contributed by atoms with Crippen LogP contribution in [0.4, 0.5) is 0 Å². The minimum Gasteiger partial charge on any atom is -0.469 e. The van der Waals surface area contributed by atoms with Gasteiger partial charge in [-0.3, -0.25) is 0 Å². The molecular formula is C11H15NO3. The Bertz CT molecular complexity index is 356. The van der Waals surface area contributed by atoms with Crippen molar-refractivity contribution < 1.29 is 13.9 Å². The van der Waals surface area contributed by atoms with Gasteiger partial charge in [-0.05, 0) is 13.0 Å². The van der Waals surface area contributed by atoms with Crippen LogP contribution in [0.2, 0.25) is 0 Å². The Morgan fingerprint density at radius 1 is 1.47 bits per heavy atom. The van der Waals surface area contributed by atoms with Gasteiger partial charge in [0.1, 0.15) is 11.4 Å². The maximum absolute atomic E-state index is 5.85. The van der Waals surface area contributed by atoms with Crippen LogP contribution in [0.15, 0.2) is 16.7 Å². The number of aryl methyl sites for hydroxylation is 1. The van der Waals surface area contributed by atoms with Crippen molar-refractivity contribution in [3.05, 3.63) is 23.7 Å². The molecule has 82 valence electrons. The van der Waals surface area contributed by atoms with Crippen LogP contribution in [-0.2, 0) is 9.47 Å². The molecule has 4 nitrogen and oxygen atoms in total. The molecule has 2 aliphatic heterocycles. The first-order chi connectivity index (χ1) is 7.30. The summed E-state index contributed by atoms with van der Waals surface area (Å²) in [4.78, 5) is 0. The fourth-order valence-corrected chi connectivity index (χ4v) is 2.32. The van der Waals surface area contributed by atoms with E-state index >= 15 is 0 Å². The largest absolute Gasteiger partial charge is 0.469 e. The molecule has 1 aromatic heterocycles. The molecular weight excluding hydrogens is 194 g/mol. The normalized spacial score (nSPS) is 29.0. The standard InChI is InChI=1S/C11H15NO3/c1-8-4-9(5-14-8)10-11(6-13-7-11)15-3-2-12-10/h4-5,10,12H,2-3,6-7H2,1H3. The Hall–Kier alpha value is -0.840. The number of hydrogen-bond donors (Lipinski definition) is 1. The van der Waals surface area contributed by atoms with Crippen LogP contribution in [-0.4, -0.2) is 32.0 Å². The molecule has 2 fully saturated rings. The quantitative estimate of drug-likeness (QED) is 0.750.